The molecule has 1 amide bonds. The minimum absolute atomic E-state index is 0.00791. The van der Waals surface area contributed by atoms with E-state index in [9.17, 15) is 14.4 Å². The molecule has 0 spiro atoms. The first-order valence-electron chi connectivity index (χ1n) is 10.1. The maximum Gasteiger partial charge on any atom is 0.359 e. The number of hydrogen-bond acceptors (Lipinski definition) is 5. The molecule has 3 aromatic rings. The van der Waals surface area contributed by atoms with Crippen molar-refractivity contribution in [2.75, 3.05) is 13.2 Å². The Morgan fingerprint density at radius 1 is 1.03 bits per heavy atom. The normalized spacial score (nSPS) is 16.4. The van der Waals surface area contributed by atoms with Crippen molar-refractivity contribution in [3.8, 4) is 5.69 Å². The van der Waals surface area contributed by atoms with Crippen LogP contribution in [0.3, 0.4) is 0 Å². The number of amides is 1. The summed E-state index contributed by atoms with van der Waals surface area (Å²) in [5.74, 6) is -0.940. The third kappa shape index (κ3) is 3.83. The van der Waals surface area contributed by atoms with Crippen LogP contribution >= 0.6 is 0 Å². The van der Waals surface area contributed by atoms with Crippen LogP contribution in [0.2, 0.25) is 0 Å². The summed E-state index contributed by atoms with van der Waals surface area (Å²) in [5.41, 5.74) is 0.223. The molecular formula is C23H23N3O4. The first-order chi connectivity index (χ1) is 14.6. The second-order valence-electron chi connectivity index (χ2n) is 7.45. The van der Waals surface area contributed by atoms with Crippen molar-refractivity contribution in [3.63, 3.8) is 0 Å². The Bertz CT molecular complexity index is 1140. The summed E-state index contributed by atoms with van der Waals surface area (Å²) in [6.07, 6.45) is 3.01. The molecule has 0 aliphatic carbocycles. The number of benzene rings is 2. The average Bonchev–Trinajstić information content (AvgIpc) is 2.78. The predicted molar refractivity (Wildman–Crippen MR) is 113 cm³/mol. The second-order valence-corrected chi connectivity index (χ2v) is 7.45. The molecule has 1 saturated heterocycles. The maximum absolute atomic E-state index is 12.9. The first-order valence-corrected chi connectivity index (χ1v) is 10.1. The zero-order valence-electron chi connectivity index (χ0n) is 16.8. The van der Waals surface area contributed by atoms with Gasteiger partial charge in [-0.25, -0.2) is 4.79 Å². The van der Waals surface area contributed by atoms with E-state index in [0.717, 1.165) is 19.3 Å². The summed E-state index contributed by atoms with van der Waals surface area (Å²) in [7, 11) is 0. The first kappa shape index (κ1) is 19.8. The smallest absolute Gasteiger partial charge is 0.359 e. The molecule has 0 N–H and O–H groups in total. The van der Waals surface area contributed by atoms with E-state index >= 15 is 0 Å². The standard InChI is InChI=1S/C23H23N3O4/c1-16-9-7-8-14-25(16)20(27)15-30-23(29)21-18-12-5-6-13-19(18)22(28)26(24-21)17-10-3-2-4-11-17/h2-6,10-13,16H,7-9,14-15H2,1H3/t16-/m0/s1. The molecule has 1 aliphatic heterocycles. The van der Waals surface area contributed by atoms with Gasteiger partial charge >= 0.3 is 5.97 Å². The molecule has 1 atom stereocenters. The minimum atomic E-state index is -0.728. The van der Waals surface area contributed by atoms with Gasteiger partial charge in [0.2, 0.25) is 0 Å². The van der Waals surface area contributed by atoms with Crippen molar-refractivity contribution in [1.82, 2.24) is 14.7 Å². The van der Waals surface area contributed by atoms with Gasteiger partial charge in [0, 0.05) is 18.0 Å². The lowest BCUT2D eigenvalue weighted by molar-refractivity contribution is -0.137. The number of carbonyl (C=O) groups excluding carboxylic acids is 2. The number of carbonyl (C=O) groups is 2. The molecular weight excluding hydrogens is 382 g/mol. The minimum Gasteiger partial charge on any atom is -0.451 e. The molecule has 7 heteroatoms. The Morgan fingerprint density at radius 2 is 1.73 bits per heavy atom. The van der Waals surface area contributed by atoms with Crippen LogP contribution in [-0.2, 0) is 9.53 Å². The van der Waals surface area contributed by atoms with Crippen LogP contribution in [0.1, 0.15) is 36.7 Å². The zero-order chi connectivity index (χ0) is 21.1. The zero-order valence-corrected chi connectivity index (χ0v) is 16.8. The van der Waals surface area contributed by atoms with Crippen LogP contribution < -0.4 is 5.56 Å². The van der Waals surface area contributed by atoms with E-state index in [0.29, 0.717) is 23.0 Å². The highest BCUT2D eigenvalue weighted by Crippen LogP contribution is 2.18. The summed E-state index contributed by atoms with van der Waals surface area (Å²) < 4.78 is 6.51. The molecule has 154 valence electrons. The van der Waals surface area contributed by atoms with Crippen molar-refractivity contribution >= 4 is 22.6 Å². The summed E-state index contributed by atoms with van der Waals surface area (Å²) in [4.78, 5) is 40.0. The number of rotatable bonds is 4. The van der Waals surface area contributed by atoms with Gasteiger partial charge in [0.1, 0.15) is 0 Å². The van der Waals surface area contributed by atoms with Gasteiger partial charge in [-0.05, 0) is 44.4 Å². The Kier molecular flexibility index (Phi) is 5.61. The largest absolute Gasteiger partial charge is 0.451 e. The number of likely N-dealkylation sites (tertiary alicyclic amines) is 1. The molecule has 0 unspecified atom stereocenters. The molecule has 30 heavy (non-hydrogen) atoms. The van der Waals surface area contributed by atoms with Gasteiger partial charge < -0.3 is 9.64 Å². The third-order valence-electron chi connectivity index (χ3n) is 5.45. The van der Waals surface area contributed by atoms with Crippen molar-refractivity contribution in [3.05, 3.63) is 70.6 Å². The van der Waals surface area contributed by atoms with Gasteiger partial charge in [0.15, 0.2) is 12.3 Å². The highest BCUT2D eigenvalue weighted by molar-refractivity contribution is 6.02. The van der Waals surface area contributed by atoms with Crippen molar-refractivity contribution in [2.45, 2.75) is 32.2 Å². The fourth-order valence-electron chi connectivity index (χ4n) is 3.83. The van der Waals surface area contributed by atoms with E-state index in [2.05, 4.69) is 5.10 Å². The van der Waals surface area contributed by atoms with Crippen molar-refractivity contribution in [1.29, 1.82) is 0 Å². The number of ether oxygens (including phenoxy) is 1. The monoisotopic (exact) mass is 405 g/mol. The highest BCUT2D eigenvalue weighted by Gasteiger charge is 2.25. The molecule has 1 aromatic heterocycles. The van der Waals surface area contributed by atoms with Crippen LogP contribution in [0.15, 0.2) is 59.4 Å². The van der Waals surface area contributed by atoms with Gasteiger partial charge in [0.05, 0.1) is 11.1 Å². The Hall–Kier alpha value is -3.48. The lowest BCUT2D eigenvalue weighted by atomic mass is 10.0. The average molecular weight is 405 g/mol. The number of nitrogens with zero attached hydrogens (tertiary/aromatic N) is 3. The second kappa shape index (κ2) is 8.49. The summed E-state index contributed by atoms with van der Waals surface area (Å²) in [6, 6.07) is 15.8. The van der Waals surface area contributed by atoms with Gasteiger partial charge in [-0.2, -0.15) is 9.78 Å². The van der Waals surface area contributed by atoms with Crippen LogP contribution in [-0.4, -0.2) is 45.8 Å². The van der Waals surface area contributed by atoms with Gasteiger partial charge in [-0.3, -0.25) is 9.59 Å². The quantitative estimate of drug-likeness (QED) is 0.624. The molecule has 7 nitrogen and oxygen atoms in total. The summed E-state index contributed by atoms with van der Waals surface area (Å²) in [6.45, 7) is 2.34. The Balaban J connectivity index is 1.64. The Labute approximate surface area is 173 Å². The third-order valence-corrected chi connectivity index (χ3v) is 5.45. The van der Waals surface area contributed by atoms with Crippen molar-refractivity contribution < 1.29 is 14.3 Å². The van der Waals surface area contributed by atoms with Crippen molar-refractivity contribution in [2.24, 2.45) is 0 Å². The van der Waals surface area contributed by atoms with Gasteiger partial charge in [0.25, 0.3) is 11.5 Å². The van der Waals surface area contributed by atoms with Crippen LogP contribution in [0.25, 0.3) is 16.5 Å². The highest BCUT2D eigenvalue weighted by atomic mass is 16.5. The number of piperidine rings is 1. The molecule has 0 bridgehead atoms. The maximum atomic E-state index is 12.9. The number of para-hydroxylation sites is 1. The number of aromatic nitrogens is 2. The molecule has 0 radical (unpaired) electrons. The molecule has 0 saturated carbocycles. The number of esters is 1. The fourth-order valence-corrected chi connectivity index (χ4v) is 3.83. The molecule has 1 aliphatic rings. The summed E-state index contributed by atoms with van der Waals surface area (Å²) >= 11 is 0. The fraction of sp³-hybridized carbons (Fsp3) is 0.304. The van der Waals surface area contributed by atoms with Crippen LogP contribution in [0.4, 0.5) is 0 Å². The van der Waals surface area contributed by atoms with Gasteiger partial charge in [-0.1, -0.05) is 36.4 Å². The van der Waals surface area contributed by atoms with E-state index in [4.69, 9.17) is 4.74 Å². The number of fused-ring (bicyclic) bond motifs is 1. The topological polar surface area (TPSA) is 81.5 Å². The molecule has 4 rings (SSSR count). The van der Waals surface area contributed by atoms with E-state index < -0.39 is 5.97 Å². The SMILES string of the molecule is C[C@H]1CCCCN1C(=O)COC(=O)c1nn(-c2ccccc2)c(=O)c2ccccc12. The summed E-state index contributed by atoms with van der Waals surface area (Å²) in [5, 5.41) is 5.04. The lowest BCUT2D eigenvalue weighted by Crippen LogP contribution is -2.44. The van der Waals surface area contributed by atoms with E-state index in [1.165, 1.54) is 4.68 Å². The Morgan fingerprint density at radius 3 is 2.47 bits per heavy atom. The molecule has 2 heterocycles. The van der Waals surface area contributed by atoms with E-state index in [1.54, 1.807) is 53.4 Å². The van der Waals surface area contributed by atoms with Gasteiger partial charge in [-0.15, -0.1) is 0 Å². The van der Waals surface area contributed by atoms with Crippen LogP contribution in [0, 0.1) is 0 Å². The predicted octanol–water partition coefficient (Wildman–Crippen LogP) is 2.94. The van der Waals surface area contributed by atoms with E-state index in [-0.39, 0.29) is 29.8 Å². The molecule has 1 fully saturated rings. The van der Waals surface area contributed by atoms with E-state index in [1.807, 2.05) is 13.0 Å². The van der Waals surface area contributed by atoms with Crippen LogP contribution in [0.5, 0.6) is 0 Å². The molecule has 2 aromatic carbocycles. The lowest BCUT2D eigenvalue weighted by Gasteiger charge is -2.33. The number of hydrogen-bond donors (Lipinski definition) is 0.